The molecule has 3 heteroatoms. The third-order valence-electron chi connectivity index (χ3n) is 2.68. The lowest BCUT2D eigenvalue weighted by atomic mass is 10.0. The minimum atomic E-state index is -0.977. The Balaban J connectivity index is 2.46. The number of hydrogen-bond acceptors (Lipinski definition) is 2. The maximum Gasteiger partial charge on any atom is 0.339 e. The van der Waals surface area contributed by atoms with Crippen LogP contribution >= 0.6 is 0 Å². The highest BCUT2D eigenvalue weighted by Gasteiger charge is 2.13. The van der Waals surface area contributed by atoms with Gasteiger partial charge in [0.05, 0.1) is 6.10 Å². The average Bonchev–Trinajstić information content (AvgIpc) is 2.38. The fraction of sp³-hybridized carbons (Fsp3) is 0.188. The third kappa shape index (κ3) is 3.13. The highest BCUT2D eigenvalue weighted by atomic mass is 16.5. The molecular weight excluding hydrogens is 240 g/mol. The SMILES string of the molecule is CC(C)Oc1cc(-c2ccccc2)ccc1C(=O)O. The number of hydrogen-bond donors (Lipinski definition) is 1. The summed E-state index contributed by atoms with van der Waals surface area (Å²) in [5, 5.41) is 9.16. The maximum absolute atomic E-state index is 11.2. The second kappa shape index (κ2) is 5.57. The van der Waals surface area contributed by atoms with Gasteiger partial charge in [0.15, 0.2) is 0 Å². The van der Waals surface area contributed by atoms with E-state index in [9.17, 15) is 4.79 Å². The molecule has 0 fully saturated rings. The summed E-state index contributed by atoms with van der Waals surface area (Å²) in [6.07, 6.45) is -0.0656. The van der Waals surface area contributed by atoms with E-state index >= 15 is 0 Å². The molecule has 0 radical (unpaired) electrons. The monoisotopic (exact) mass is 256 g/mol. The van der Waals surface area contributed by atoms with E-state index < -0.39 is 5.97 Å². The third-order valence-corrected chi connectivity index (χ3v) is 2.68. The molecule has 3 nitrogen and oxygen atoms in total. The van der Waals surface area contributed by atoms with E-state index in [4.69, 9.17) is 9.84 Å². The quantitative estimate of drug-likeness (QED) is 0.904. The molecule has 0 unspecified atom stereocenters. The molecular formula is C16H16O3. The number of carbonyl (C=O) groups is 1. The molecule has 0 aliphatic rings. The highest BCUT2D eigenvalue weighted by Crippen LogP contribution is 2.28. The van der Waals surface area contributed by atoms with Crippen LogP contribution in [0.1, 0.15) is 24.2 Å². The van der Waals surface area contributed by atoms with Crippen LogP contribution in [0.2, 0.25) is 0 Å². The first-order chi connectivity index (χ1) is 9.08. The lowest BCUT2D eigenvalue weighted by Gasteiger charge is -2.13. The van der Waals surface area contributed by atoms with E-state index in [1.807, 2.05) is 44.2 Å². The lowest BCUT2D eigenvalue weighted by Crippen LogP contribution is -2.10. The van der Waals surface area contributed by atoms with E-state index in [0.29, 0.717) is 5.75 Å². The minimum Gasteiger partial charge on any atom is -0.490 e. The van der Waals surface area contributed by atoms with Gasteiger partial charge in [0.1, 0.15) is 11.3 Å². The Morgan fingerprint density at radius 3 is 2.32 bits per heavy atom. The summed E-state index contributed by atoms with van der Waals surface area (Å²) in [5.74, 6) is -0.570. The Labute approximate surface area is 112 Å². The molecule has 0 aliphatic heterocycles. The number of ether oxygens (including phenoxy) is 1. The molecule has 2 rings (SSSR count). The Morgan fingerprint density at radius 2 is 1.74 bits per heavy atom. The number of rotatable bonds is 4. The largest absolute Gasteiger partial charge is 0.490 e. The fourth-order valence-corrected chi connectivity index (χ4v) is 1.86. The van der Waals surface area contributed by atoms with Crippen molar-refractivity contribution >= 4 is 5.97 Å². The summed E-state index contributed by atoms with van der Waals surface area (Å²) >= 11 is 0. The van der Waals surface area contributed by atoms with Crippen LogP contribution in [0.25, 0.3) is 11.1 Å². The van der Waals surface area contributed by atoms with Gasteiger partial charge < -0.3 is 9.84 Å². The Kier molecular flexibility index (Phi) is 3.85. The predicted octanol–water partition coefficient (Wildman–Crippen LogP) is 3.84. The molecule has 0 spiro atoms. The first-order valence-corrected chi connectivity index (χ1v) is 6.17. The Hall–Kier alpha value is -2.29. The van der Waals surface area contributed by atoms with Gasteiger partial charge in [-0.3, -0.25) is 0 Å². The normalized spacial score (nSPS) is 10.5. The van der Waals surface area contributed by atoms with Crippen molar-refractivity contribution in [3.63, 3.8) is 0 Å². The molecule has 0 bridgehead atoms. The number of benzene rings is 2. The van der Waals surface area contributed by atoms with Crippen molar-refractivity contribution in [3.05, 3.63) is 54.1 Å². The summed E-state index contributed by atoms with van der Waals surface area (Å²) < 4.78 is 5.59. The summed E-state index contributed by atoms with van der Waals surface area (Å²) in [5.41, 5.74) is 2.17. The van der Waals surface area contributed by atoms with Crippen molar-refractivity contribution < 1.29 is 14.6 Å². The number of carboxylic acid groups (broad SMARTS) is 1. The number of carboxylic acids is 1. The molecule has 0 aliphatic carbocycles. The second-order valence-electron chi connectivity index (χ2n) is 4.55. The first kappa shape index (κ1) is 13.1. The van der Waals surface area contributed by atoms with Crippen molar-refractivity contribution in [2.75, 3.05) is 0 Å². The van der Waals surface area contributed by atoms with Gasteiger partial charge in [0.2, 0.25) is 0 Å². The summed E-state index contributed by atoms with van der Waals surface area (Å²) in [6.45, 7) is 3.75. The molecule has 2 aromatic rings. The summed E-state index contributed by atoms with van der Waals surface area (Å²) in [6, 6.07) is 15.0. The van der Waals surface area contributed by atoms with Crippen molar-refractivity contribution in [1.82, 2.24) is 0 Å². The molecule has 0 heterocycles. The van der Waals surface area contributed by atoms with E-state index in [-0.39, 0.29) is 11.7 Å². The van der Waals surface area contributed by atoms with Gasteiger partial charge in [-0.05, 0) is 37.1 Å². The van der Waals surface area contributed by atoms with Crippen molar-refractivity contribution in [2.45, 2.75) is 20.0 Å². The zero-order valence-corrected chi connectivity index (χ0v) is 11.0. The zero-order chi connectivity index (χ0) is 13.8. The highest BCUT2D eigenvalue weighted by molar-refractivity contribution is 5.92. The van der Waals surface area contributed by atoms with Gasteiger partial charge in [-0.15, -0.1) is 0 Å². The van der Waals surface area contributed by atoms with E-state index in [1.165, 1.54) is 0 Å². The Bertz CT molecular complexity index is 574. The van der Waals surface area contributed by atoms with Crippen molar-refractivity contribution in [2.24, 2.45) is 0 Å². The van der Waals surface area contributed by atoms with Gasteiger partial charge >= 0.3 is 5.97 Å². The lowest BCUT2D eigenvalue weighted by molar-refractivity contribution is 0.0690. The molecule has 0 saturated heterocycles. The topological polar surface area (TPSA) is 46.5 Å². The van der Waals surface area contributed by atoms with E-state index in [2.05, 4.69) is 0 Å². The zero-order valence-electron chi connectivity index (χ0n) is 11.0. The molecule has 98 valence electrons. The smallest absolute Gasteiger partial charge is 0.339 e. The molecule has 0 aromatic heterocycles. The molecule has 0 saturated carbocycles. The predicted molar refractivity (Wildman–Crippen MR) is 74.6 cm³/mol. The van der Waals surface area contributed by atoms with Gasteiger partial charge in [-0.2, -0.15) is 0 Å². The standard InChI is InChI=1S/C16H16O3/c1-11(2)19-15-10-13(8-9-14(15)16(17)18)12-6-4-3-5-7-12/h3-11H,1-2H3,(H,17,18). The molecule has 0 amide bonds. The second-order valence-corrected chi connectivity index (χ2v) is 4.55. The molecule has 0 atom stereocenters. The Morgan fingerprint density at radius 1 is 1.05 bits per heavy atom. The number of aromatic carboxylic acids is 1. The molecule has 2 aromatic carbocycles. The first-order valence-electron chi connectivity index (χ1n) is 6.17. The van der Waals surface area contributed by atoms with Crippen LogP contribution in [0, 0.1) is 0 Å². The van der Waals surface area contributed by atoms with Crippen LogP contribution in [-0.4, -0.2) is 17.2 Å². The van der Waals surface area contributed by atoms with Crippen LogP contribution in [0.3, 0.4) is 0 Å². The van der Waals surface area contributed by atoms with Gasteiger partial charge in [0.25, 0.3) is 0 Å². The van der Waals surface area contributed by atoms with Gasteiger partial charge in [-0.25, -0.2) is 4.79 Å². The van der Waals surface area contributed by atoms with E-state index in [0.717, 1.165) is 11.1 Å². The average molecular weight is 256 g/mol. The van der Waals surface area contributed by atoms with Crippen LogP contribution < -0.4 is 4.74 Å². The van der Waals surface area contributed by atoms with Crippen molar-refractivity contribution in [3.8, 4) is 16.9 Å². The fourth-order valence-electron chi connectivity index (χ4n) is 1.86. The summed E-state index contributed by atoms with van der Waals surface area (Å²) in [7, 11) is 0. The van der Waals surface area contributed by atoms with E-state index in [1.54, 1.807) is 18.2 Å². The van der Waals surface area contributed by atoms with Crippen LogP contribution in [-0.2, 0) is 0 Å². The van der Waals surface area contributed by atoms with Gasteiger partial charge in [-0.1, -0.05) is 36.4 Å². The maximum atomic E-state index is 11.2. The van der Waals surface area contributed by atoms with Gasteiger partial charge in [0, 0.05) is 0 Å². The molecule has 19 heavy (non-hydrogen) atoms. The van der Waals surface area contributed by atoms with Crippen LogP contribution in [0.4, 0.5) is 0 Å². The molecule has 1 N–H and O–H groups in total. The van der Waals surface area contributed by atoms with Crippen LogP contribution in [0.15, 0.2) is 48.5 Å². The van der Waals surface area contributed by atoms with Crippen molar-refractivity contribution in [1.29, 1.82) is 0 Å². The van der Waals surface area contributed by atoms with Crippen LogP contribution in [0.5, 0.6) is 5.75 Å². The minimum absolute atomic E-state index is 0.0656. The summed E-state index contributed by atoms with van der Waals surface area (Å²) in [4.78, 5) is 11.2.